The normalized spacial score (nSPS) is 19.2. The topological polar surface area (TPSA) is 18.5 Å². The summed E-state index contributed by atoms with van der Waals surface area (Å²) in [6.45, 7) is 15.6. The Hall–Kier alpha value is 0.400. The van der Waals surface area contributed by atoms with Crippen molar-refractivity contribution in [3.05, 3.63) is 0 Å². The minimum absolute atomic E-state index is 0.424. The zero-order valence-electron chi connectivity index (χ0n) is 18.0. The van der Waals surface area contributed by atoms with Crippen LogP contribution in [0.4, 0.5) is 0 Å². The molecule has 6 atom stereocenters. The number of methoxy groups -OCH3 is 1. The van der Waals surface area contributed by atoms with E-state index in [1.54, 1.807) is 7.11 Å². The predicted octanol–water partition coefficient (Wildman–Crippen LogP) is 7.30. The minimum atomic E-state index is 0.424. The van der Waals surface area contributed by atoms with E-state index in [2.05, 4.69) is 57.5 Å². The van der Waals surface area contributed by atoms with E-state index in [0.717, 1.165) is 42.6 Å². The third kappa shape index (κ3) is 16.3. The number of alkyl halides is 1. The Morgan fingerprint density at radius 3 is 1.56 bits per heavy atom. The predicted molar refractivity (Wildman–Crippen MR) is 114 cm³/mol. The molecule has 0 N–H and O–H groups in total. The van der Waals surface area contributed by atoms with Crippen molar-refractivity contribution < 1.29 is 9.47 Å². The molecule has 0 heterocycles. The van der Waals surface area contributed by atoms with Crippen LogP contribution >= 0.6 is 15.9 Å². The van der Waals surface area contributed by atoms with E-state index in [9.17, 15) is 0 Å². The third-order valence-corrected chi connectivity index (χ3v) is 5.51. The van der Waals surface area contributed by atoms with E-state index in [1.807, 2.05) is 0 Å². The lowest BCUT2D eigenvalue weighted by molar-refractivity contribution is -0.0323. The van der Waals surface area contributed by atoms with Gasteiger partial charge in [-0.3, -0.25) is 0 Å². The Kier molecular flexibility index (Phi) is 15.7. The van der Waals surface area contributed by atoms with Crippen LogP contribution in [-0.2, 0) is 9.47 Å². The van der Waals surface area contributed by atoms with Crippen LogP contribution in [0.25, 0.3) is 0 Å². The molecule has 0 saturated heterocycles. The molecule has 0 aliphatic heterocycles. The van der Waals surface area contributed by atoms with Gasteiger partial charge >= 0.3 is 0 Å². The molecule has 0 aliphatic rings. The highest BCUT2D eigenvalue weighted by molar-refractivity contribution is 9.09. The zero-order valence-corrected chi connectivity index (χ0v) is 19.6. The number of rotatable bonds is 16. The van der Waals surface area contributed by atoms with Crippen molar-refractivity contribution in [2.24, 2.45) is 29.6 Å². The fourth-order valence-electron chi connectivity index (χ4n) is 4.48. The van der Waals surface area contributed by atoms with E-state index in [4.69, 9.17) is 9.47 Å². The second-order valence-corrected chi connectivity index (χ2v) is 10.5. The molecule has 0 saturated carbocycles. The van der Waals surface area contributed by atoms with Crippen molar-refractivity contribution in [3.63, 3.8) is 0 Å². The molecule has 0 radical (unpaired) electrons. The molecule has 0 fully saturated rings. The molecule has 6 unspecified atom stereocenters. The fourth-order valence-corrected chi connectivity index (χ4v) is 5.12. The van der Waals surface area contributed by atoms with Crippen molar-refractivity contribution in [1.82, 2.24) is 0 Å². The van der Waals surface area contributed by atoms with E-state index in [-0.39, 0.29) is 0 Å². The van der Waals surface area contributed by atoms with Gasteiger partial charge in [0.1, 0.15) is 6.79 Å². The maximum absolute atomic E-state index is 5.38. The third-order valence-electron chi connectivity index (χ3n) is 5.13. The Morgan fingerprint density at radius 2 is 1.12 bits per heavy atom. The molecule has 0 amide bonds. The molecular formula is C22H45BrO2. The maximum Gasteiger partial charge on any atom is 0.146 e. The Labute approximate surface area is 166 Å². The first-order valence-corrected chi connectivity index (χ1v) is 11.4. The lowest BCUT2D eigenvalue weighted by Gasteiger charge is -2.24. The second-order valence-electron chi connectivity index (χ2n) is 8.94. The van der Waals surface area contributed by atoms with Crippen molar-refractivity contribution in [2.45, 2.75) is 91.3 Å². The quantitative estimate of drug-likeness (QED) is 0.148. The monoisotopic (exact) mass is 420 g/mol. The minimum Gasteiger partial charge on any atom is -0.359 e. The van der Waals surface area contributed by atoms with Crippen molar-refractivity contribution >= 4 is 15.9 Å². The highest BCUT2D eigenvalue weighted by atomic mass is 79.9. The number of halogens is 1. The average Bonchev–Trinajstić information content (AvgIpc) is 2.44. The van der Waals surface area contributed by atoms with E-state index >= 15 is 0 Å². The molecule has 0 aliphatic carbocycles. The largest absolute Gasteiger partial charge is 0.359 e. The van der Waals surface area contributed by atoms with Gasteiger partial charge in [0.15, 0.2) is 0 Å². The Morgan fingerprint density at radius 1 is 0.680 bits per heavy atom. The van der Waals surface area contributed by atoms with Crippen molar-refractivity contribution in [2.75, 3.05) is 20.5 Å². The zero-order chi connectivity index (χ0) is 19.2. The summed E-state index contributed by atoms with van der Waals surface area (Å²) in [4.78, 5) is 0.647. The molecule has 0 bridgehead atoms. The lowest BCUT2D eigenvalue weighted by Crippen LogP contribution is -2.13. The van der Waals surface area contributed by atoms with Gasteiger partial charge in [0.25, 0.3) is 0 Å². The second kappa shape index (κ2) is 15.5. The molecule has 152 valence electrons. The molecule has 25 heavy (non-hydrogen) atoms. The standard InChI is InChI=1S/C22H45BrO2/c1-17(9-8-10-25-16-24-7)11-18(2)12-19(3)13-20(4)14-21(5)15-22(6)23/h17-22H,8-16H2,1-7H3. The molecule has 0 aromatic carbocycles. The summed E-state index contributed by atoms with van der Waals surface area (Å²) in [6.07, 6.45) is 9.17. The number of hydrogen-bond acceptors (Lipinski definition) is 2. The van der Waals surface area contributed by atoms with Crippen LogP contribution < -0.4 is 0 Å². The van der Waals surface area contributed by atoms with Crippen molar-refractivity contribution in [3.8, 4) is 0 Å². The van der Waals surface area contributed by atoms with Gasteiger partial charge in [-0.2, -0.15) is 0 Å². The van der Waals surface area contributed by atoms with Gasteiger partial charge in [0.05, 0.1) is 0 Å². The van der Waals surface area contributed by atoms with Crippen LogP contribution in [0.2, 0.25) is 0 Å². The maximum atomic E-state index is 5.38. The summed E-state index contributed by atoms with van der Waals surface area (Å²) in [5.74, 6) is 4.15. The van der Waals surface area contributed by atoms with Gasteiger partial charge in [-0.25, -0.2) is 0 Å². The summed E-state index contributed by atoms with van der Waals surface area (Å²) >= 11 is 3.69. The summed E-state index contributed by atoms with van der Waals surface area (Å²) in [6, 6.07) is 0. The summed E-state index contributed by atoms with van der Waals surface area (Å²) in [5.41, 5.74) is 0. The molecule has 2 nitrogen and oxygen atoms in total. The van der Waals surface area contributed by atoms with Gasteiger partial charge in [0, 0.05) is 18.5 Å². The van der Waals surface area contributed by atoms with Crippen LogP contribution in [0.15, 0.2) is 0 Å². The lowest BCUT2D eigenvalue weighted by atomic mass is 9.82. The highest BCUT2D eigenvalue weighted by Crippen LogP contribution is 2.29. The van der Waals surface area contributed by atoms with Gasteiger partial charge in [-0.1, -0.05) is 57.5 Å². The van der Waals surface area contributed by atoms with Crippen LogP contribution in [0.5, 0.6) is 0 Å². The van der Waals surface area contributed by atoms with Crippen LogP contribution in [0.3, 0.4) is 0 Å². The van der Waals surface area contributed by atoms with Crippen LogP contribution in [0, 0.1) is 29.6 Å². The first-order chi connectivity index (χ1) is 11.7. The molecule has 0 aromatic rings. The van der Waals surface area contributed by atoms with E-state index in [1.165, 1.54) is 38.5 Å². The molecule has 0 rings (SSSR count). The molecular weight excluding hydrogens is 376 g/mol. The molecule has 0 aromatic heterocycles. The van der Waals surface area contributed by atoms with Gasteiger partial charge in [-0.15, -0.1) is 0 Å². The summed E-state index contributed by atoms with van der Waals surface area (Å²) in [5, 5.41) is 0. The summed E-state index contributed by atoms with van der Waals surface area (Å²) in [7, 11) is 1.68. The van der Waals surface area contributed by atoms with E-state index < -0.39 is 0 Å². The first-order valence-electron chi connectivity index (χ1n) is 10.4. The average molecular weight is 422 g/mol. The fraction of sp³-hybridized carbons (Fsp3) is 1.00. The van der Waals surface area contributed by atoms with Gasteiger partial charge in [-0.05, 0) is 74.5 Å². The van der Waals surface area contributed by atoms with Crippen LogP contribution in [0.1, 0.15) is 86.5 Å². The molecule has 0 spiro atoms. The van der Waals surface area contributed by atoms with Gasteiger partial charge in [0.2, 0.25) is 0 Å². The first kappa shape index (κ1) is 25.4. The highest BCUT2D eigenvalue weighted by Gasteiger charge is 2.17. The SMILES string of the molecule is COCOCCCC(C)CC(C)CC(C)CC(C)CC(C)CC(C)Br. The van der Waals surface area contributed by atoms with Gasteiger partial charge < -0.3 is 9.47 Å². The Balaban J connectivity index is 3.86. The molecule has 3 heteroatoms. The van der Waals surface area contributed by atoms with Crippen molar-refractivity contribution in [1.29, 1.82) is 0 Å². The van der Waals surface area contributed by atoms with E-state index in [0.29, 0.717) is 11.6 Å². The number of ether oxygens (including phenoxy) is 2. The smallest absolute Gasteiger partial charge is 0.146 e. The summed E-state index contributed by atoms with van der Waals surface area (Å²) < 4.78 is 10.3. The van der Waals surface area contributed by atoms with Crippen LogP contribution in [-0.4, -0.2) is 25.3 Å². The number of hydrogen-bond donors (Lipinski definition) is 0. The Bertz CT molecular complexity index is 296.